The second-order valence-electron chi connectivity index (χ2n) is 8.47. The molecule has 1 aliphatic carbocycles. The standard InChI is InChI=1S/C23H30N2O3S/c26-20-5-3-19(4-6-20)25-11-9-24(10-12-25)8-1-2-18-16-22-21(7-15-29-22)23(17-18)27-13-14-28-23/h3-7,15,18,26H,1-2,8-14,16-17H2. The number of anilines is 1. The monoisotopic (exact) mass is 414 g/mol. The van der Waals surface area contributed by atoms with Crippen LogP contribution in [0.2, 0.25) is 0 Å². The maximum absolute atomic E-state index is 9.47. The number of hydrogen-bond acceptors (Lipinski definition) is 6. The summed E-state index contributed by atoms with van der Waals surface area (Å²) in [5.74, 6) is 0.533. The van der Waals surface area contributed by atoms with Gasteiger partial charge in [-0.3, -0.25) is 4.90 Å². The highest BCUT2D eigenvalue weighted by Crippen LogP contribution is 2.47. The summed E-state index contributed by atoms with van der Waals surface area (Å²) in [5.41, 5.74) is 2.50. The molecule has 6 heteroatoms. The zero-order chi connectivity index (χ0) is 19.7. The first-order valence-electron chi connectivity index (χ1n) is 10.8. The fourth-order valence-corrected chi connectivity index (χ4v) is 6.14. The minimum atomic E-state index is -0.450. The molecule has 2 aromatic rings. The van der Waals surface area contributed by atoms with Crippen molar-refractivity contribution in [1.82, 2.24) is 4.90 Å². The van der Waals surface area contributed by atoms with Gasteiger partial charge in [-0.1, -0.05) is 0 Å². The average molecular weight is 415 g/mol. The molecule has 2 aliphatic heterocycles. The number of rotatable bonds is 5. The number of fused-ring (bicyclic) bond motifs is 2. The lowest BCUT2D eigenvalue weighted by atomic mass is 9.81. The fourth-order valence-electron chi connectivity index (χ4n) is 5.09. The zero-order valence-corrected chi connectivity index (χ0v) is 17.7. The van der Waals surface area contributed by atoms with E-state index in [1.807, 2.05) is 23.5 Å². The first kappa shape index (κ1) is 19.4. The van der Waals surface area contributed by atoms with E-state index in [-0.39, 0.29) is 0 Å². The van der Waals surface area contributed by atoms with Crippen LogP contribution in [0.4, 0.5) is 5.69 Å². The van der Waals surface area contributed by atoms with Crippen molar-refractivity contribution in [2.75, 3.05) is 50.8 Å². The van der Waals surface area contributed by atoms with Crippen molar-refractivity contribution in [3.05, 3.63) is 46.2 Å². The van der Waals surface area contributed by atoms with Crippen LogP contribution in [0.25, 0.3) is 0 Å². The van der Waals surface area contributed by atoms with Crippen molar-refractivity contribution in [1.29, 1.82) is 0 Å². The maximum atomic E-state index is 9.47. The Morgan fingerprint density at radius 1 is 1.03 bits per heavy atom. The third kappa shape index (κ3) is 4.04. The second kappa shape index (κ2) is 8.26. The van der Waals surface area contributed by atoms with E-state index < -0.39 is 5.79 Å². The van der Waals surface area contributed by atoms with Gasteiger partial charge in [0.25, 0.3) is 0 Å². The highest BCUT2D eigenvalue weighted by molar-refractivity contribution is 7.10. The van der Waals surface area contributed by atoms with Gasteiger partial charge in [-0.05, 0) is 67.4 Å². The smallest absolute Gasteiger partial charge is 0.196 e. The molecule has 5 nitrogen and oxygen atoms in total. The van der Waals surface area contributed by atoms with Gasteiger partial charge in [-0.2, -0.15) is 0 Å². The minimum Gasteiger partial charge on any atom is -0.508 e. The van der Waals surface area contributed by atoms with Gasteiger partial charge in [0.15, 0.2) is 5.79 Å². The van der Waals surface area contributed by atoms with Crippen LogP contribution in [0.3, 0.4) is 0 Å². The highest BCUT2D eigenvalue weighted by Gasteiger charge is 2.45. The van der Waals surface area contributed by atoms with Crippen LogP contribution in [0.1, 0.15) is 29.7 Å². The molecule has 1 aromatic carbocycles. The van der Waals surface area contributed by atoms with Gasteiger partial charge in [0.05, 0.1) is 13.2 Å². The average Bonchev–Trinajstić information content (AvgIpc) is 3.40. The van der Waals surface area contributed by atoms with Crippen molar-refractivity contribution < 1.29 is 14.6 Å². The Labute approximate surface area is 176 Å². The molecule has 1 spiro atoms. The van der Waals surface area contributed by atoms with E-state index in [0.29, 0.717) is 24.9 Å². The van der Waals surface area contributed by atoms with Gasteiger partial charge >= 0.3 is 0 Å². The first-order valence-corrected chi connectivity index (χ1v) is 11.7. The molecule has 1 aromatic heterocycles. The third-order valence-electron chi connectivity index (χ3n) is 6.61. The van der Waals surface area contributed by atoms with Crippen LogP contribution >= 0.6 is 11.3 Å². The molecule has 2 saturated heterocycles. The van der Waals surface area contributed by atoms with Crippen molar-refractivity contribution in [3.63, 3.8) is 0 Å². The Morgan fingerprint density at radius 3 is 2.55 bits per heavy atom. The summed E-state index contributed by atoms with van der Waals surface area (Å²) in [6, 6.07) is 9.77. The lowest BCUT2D eigenvalue weighted by molar-refractivity contribution is -0.184. The van der Waals surface area contributed by atoms with Crippen LogP contribution in [0.15, 0.2) is 35.7 Å². The summed E-state index contributed by atoms with van der Waals surface area (Å²) in [7, 11) is 0. The van der Waals surface area contributed by atoms with Crippen molar-refractivity contribution in [2.24, 2.45) is 5.92 Å². The number of ether oxygens (including phenoxy) is 2. The zero-order valence-electron chi connectivity index (χ0n) is 16.9. The molecule has 156 valence electrons. The summed E-state index contributed by atoms with van der Waals surface area (Å²) in [6.45, 7) is 6.93. The molecule has 3 heterocycles. The van der Waals surface area contributed by atoms with E-state index in [0.717, 1.165) is 32.6 Å². The summed E-state index contributed by atoms with van der Waals surface area (Å²) in [5, 5.41) is 11.7. The number of thiophene rings is 1. The van der Waals surface area contributed by atoms with E-state index in [1.165, 1.54) is 41.9 Å². The van der Waals surface area contributed by atoms with Crippen LogP contribution in [0.5, 0.6) is 5.75 Å². The summed E-state index contributed by atoms with van der Waals surface area (Å²) >= 11 is 1.86. The van der Waals surface area contributed by atoms with Gasteiger partial charge in [-0.25, -0.2) is 0 Å². The maximum Gasteiger partial charge on any atom is 0.196 e. The van der Waals surface area contributed by atoms with Crippen LogP contribution < -0.4 is 4.90 Å². The molecule has 3 aliphatic rings. The van der Waals surface area contributed by atoms with Crippen molar-refractivity contribution >= 4 is 17.0 Å². The van der Waals surface area contributed by atoms with E-state index in [4.69, 9.17) is 9.47 Å². The second-order valence-corrected chi connectivity index (χ2v) is 9.47. The molecular weight excluding hydrogens is 384 g/mol. The Morgan fingerprint density at radius 2 is 1.79 bits per heavy atom. The quantitative estimate of drug-likeness (QED) is 0.806. The Balaban J connectivity index is 1.10. The number of piperazine rings is 1. The van der Waals surface area contributed by atoms with Gasteiger partial charge in [0, 0.05) is 48.7 Å². The van der Waals surface area contributed by atoms with Gasteiger partial charge in [0.1, 0.15) is 5.75 Å². The number of phenols is 1. The lowest BCUT2D eigenvalue weighted by Crippen LogP contribution is -2.46. The third-order valence-corrected chi connectivity index (χ3v) is 7.56. The number of hydrogen-bond donors (Lipinski definition) is 1. The number of benzene rings is 1. The topological polar surface area (TPSA) is 45.2 Å². The van der Waals surface area contributed by atoms with Crippen LogP contribution in [0, 0.1) is 5.92 Å². The Bertz CT molecular complexity index is 808. The van der Waals surface area contributed by atoms with E-state index in [1.54, 1.807) is 12.1 Å². The largest absolute Gasteiger partial charge is 0.508 e. The number of phenolic OH excluding ortho intramolecular Hbond substituents is 1. The summed E-state index contributed by atoms with van der Waals surface area (Å²) in [6.07, 6.45) is 4.66. The minimum absolute atomic E-state index is 0.333. The molecule has 5 rings (SSSR count). The van der Waals surface area contributed by atoms with E-state index in [2.05, 4.69) is 21.2 Å². The molecule has 0 amide bonds. The molecule has 1 N–H and O–H groups in total. The van der Waals surface area contributed by atoms with E-state index in [9.17, 15) is 5.11 Å². The molecule has 1 atom stereocenters. The Hall–Kier alpha value is -1.60. The molecule has 1 unspecified atom stereocenters. The highest BCUT2D eigenvalue weighted by atomic mass is 32.1. The predicted octanol–water partition coefficient (Wildman–Crippen LogP) is 3.82. The lowest BCUT2D eigenvalue weighted by Gasteiger charge is -2.38. The van der Waals surface area contributed by atoms with Crippen molar-refractivity contribution in [3.8, 4) is 5.75 Å². The van der Waals surface area contributed by atoms with Crippen LogP contribution in [-0.2, 0) is 21.7 Å². The summed E-state index contributed by atoms with van der Waals surface area (Å²) in [4.78, 5) is 6.47. The number of nitrogens with zero attached hydrogens (tertiary/aromatic N) is 2. The fraction of sp³-hybridized carbons (Fsp3) is 0.565. The molecule has 2 fully saturated rings. The van der Waals surface area contributed by atoms with Gasteiger partial charge in [-0.15, -0.1) is 11.3 Å². The molecule has 0 bridgehead atoms. The van der Waals surface area contributed by atoms with Crippen molar-refractivity contribution in [2.45, 2.75) is 31.5 Å². The Kier molecular flexibility index (Phi) is 5.52. The number of aromatic hydroxyl groups is 1. The molecule has 0 saturated carbocycles. The molecular formula is C23H30N2O3S. The van der Waals surface area contributed by atoms with Crippen LogP contribution in [-0.4, -0.2) is 55.9 Å². The summed E-state index contributed by atoms with van der Waals surface area (Å²) < 4.78 is 12.2. The molecule has 0 radical (unpaired) electrons. The molecule has 29 heavy (non-hydrogen) atoms. The first-order chi connectivity index (χ1) is 14.2. The predicted molar refractivity (Wildman–Crippen MR) is 116 cm³/mol. The van der Waals surface area contributed by atoms with Gasteiger partial charge < -0.3 is 19.5 Å². The van der Waals surface area contributed by atoms with E-state index >= 15 is 0 Å². The SMILES string of the molecule is Oc1ccc(N2CCN(CCCC3Cc4sccc4C4(C3)OCCO4)CC2)cc1. The van der Waals surface area contributed by atoms with Gasteiger partial charge in [0.2, 0.25) is 0 Å². The normalized spacial score (nSPS) is 24.1.